The van der Waals surface area contributed by atoms with Crippen molar-refractivity contribution in [2.75, 3.05) is 31.6 Å². The number of likely N-dealkylation sites (tertiary alicyclic amines) is 1. The molecule has 0 N–H and O–H groups in total. The van der Waals surface area contributed by atoms with Gasteiger partial charge in [0.05, 0.1) is 12.4 Å². The number of hydrogen-bond acceptors (Lipinski definition) is 5. The molecule has 0 aromatic carbocycles. The molecule has 3 rings (SSSR count). The SMILES string of the molecule is CN1CCC2[C@H](CCN2c2ncc(OC(F)F)cn2)C1. The Hall–Kier alpha value is -1.50. The molecule has 0 spiro atoms. The van der Waals surface area contributed by atoms with E-state index < -0.39 is 6.61 Å². The van der Waals surface area contributed by atoms with Gasteiger partial charge in [-0.15, -0.1) is 0 Å². The Morgan fingerprint density at radius 2 is 2.00 bits per heavy atom. The summed E-state index contributed by atoms with van der Waals surface area (Å²) in [6, 6.07) is 0.466. The number of piperidine rings is 1. The summed E-state index contributed by atoms with van der Waals surface area (Å²) in [5, 5.41) is 0. The number of nitrogens with zero attached hydrogens (tertiary/aromatic N) is 4. The van der Waals surface area contributed by atoms with Crippen LogP contribution in [0.4, 0.5) is 14.7 Å². The number of fused-ring (bicyclic) bond motifs is 1. The van der Waals surface area contributed by atoms with Crippen molar-refractivity contribution in [3.63, 3.8) is 0 Å². The Morgan fingerprint density at radius 1 is 1.25 bits per heavy atom. The van der Waals surface area contributed by atoms with Crippen LogP contribution in [0.25, 0.3) is 0 Å². The summed E-state index contributed by atoms with van der Waals surface area (Å²) in [5.74, 6) is 1.26. The van der Waals surface area contributed by atoms with E-state index >= 15 is 0 Å². The number of anilines is 1. The van der Waals surface area contributed by atoms with E-state index in [4.69, 9.17) is 0 Å². The molecule has 0 saturated carbocycles. The molecule has 110 valence electrons. The fourth-order valence-electron chi connectivity index (χ4n) is 3.24. The van der Waals surface area contributed by atoms with Gasteiger partial charge in [0, 0.05) is 19.1 Å². The zero-order valence-corrected chi connectivity index (χ0v) is 11.4. The highest BCUT2D eigenvalue weighted by Gasteiger charge is 2.38. The minimum atomic E-state index is -2.84. The molecule has 7 heteroatoms. The summed E-state index contributed by atoms with van der Waals surface area (Å²) >= 11 is 0. The zero-order valence-electron chi connectivity index (χ0n) is 11.4. The largest absolute Gasteiger partial charge is 0.432 e. The molecule has 2 aliphatic heterocycles. The van der Waals surface area contributed by atoms with E-state index in [1.165, 1.54) is 12.4 Å². The van der Waals surface area contributed by atoms with Crippen molar-refractivity contribution in [3.05, 3.63) is 12.4 Å². The maximum atomic E-state index is 12.1. The molecule has 0 amide bonds. The van der Waals surface area contributed by atoms with Crippen LogP contribution in [0.3, 0.4) is 0 Å². The van der Waals surface area contributed by atoms with E-state index in [-0.39, 0.29) is 5.75 Å². The average Bonchev–Trinajstić information content (AvgIpc) is 2.82. The monoisotopic (exact) mass is 284 g/mol. The van der Waals surface area contributed by atoms with Crippen LogP contribution in [0.15, 0.2) is 12.4 Å². The predicted molar refractivity (Wildman–Crippen MR) is 70.0 cm³/mol. The maximum Gasteiger partial charge on any atom is 0.387 e. The van der Waals surface area contributed by atoms with Gasteiger partial charge in [-0.05, 0) is 32.4 Å². The predicted octanol–water partition coefficient (Wildman–Crippen LogP) is 1.61. The van der Waals surface area contributed by atoms with Gasteiger partial charge in [-0.3, -0.25) is 0 Å². The number of alkyl halides is 2. The molecule has 2 aliphatic rings. The summed E-state index contributed by atoms with van der Waals surface area (Å²) in [6.45, 7) is 0.269. The Kier molecular flexibility index (Phi) is 3.69. The second kappa shape index (κ2) is 5.47. The molecule has 2 fully saturated rings. The van der Waals surface area contributed by atoms with E-state index in [0.29, 0.717) is 17.9 Å². The molecular formula is C13H18F2N4O. The summed E-state index contributed by atoms with van der Waals surface area (Å²) in [6.07, 6.45) is 4.86. The molecule has 0 radical (unpaired) electrons. The van der Waals surface area contributed by atoms with Crippen LogP contribution >= 0.6 is 0 Å². The number of rotatable bonds is 3. The number of halogens is 2. The average molecular weight is 284 g/mol. The third-order valence-electron chi connectivity index (χ3n) is 4.13. The van der Waals surface area contributed by atoms with E-state index in [0.717, 1.165) is 32.5 Å². The number of aromatic nitrogens is 2. The fraction of sp³-hybridized carbons (Fsp3) is 0.692. The highest BCUT2D eigenvalue weighted by atomic mass is 19.3. The van der Waals surface area contributed by atoms with Gasteiger partial charge in [-0.1, -0.05) is 0 Å². The Labute approximate surface area is 116 Å². The van der Waals surface area contributed by atoms with Crippen molar-refractivity contribution in [1.82, 2.24) is 14.9 Å². The van der Waals surface area contributed by atoms with Gasteiger partial charge in [0.1, 0.15) is 0 Å². The molecule has 0 bridgehead atoms. The number of hydrogen-bond donors (Lipinski definition) is 0. The van der Waals surface area contributed by atoms with Crippen molar-refractivity contribution in [2.45, 2.75) is 25.5 Å². The van der Waals surface area contributed by atoms with Crippen LogP contribution in [0.1, 0.15) is 12.8 Å². The van der Waals surface area contributed by atoms with Gasteiger partial charge in [0.25, 0.3) is 0 Å². The van der Waals surface area contributed by atoms with E-state index in [2.05, 4.69) is 31.6 Å². The van der Waals surface area contributed by atoms with Gasteiger partial charge in [0.2, 0.25) is 5.95 Å². The Morgan fingerprint density at radius 3 is 2.70 bits per heavy atom. The topological polar surface area (TPSA) is 41.5 Å². The van der Waals surface area contributed by atoms with Crippen LogP contribution < -0.4 is 9.64 Å². The minimum absolute atomic E-state index is 0.00266. The standard InChI is InChI=1S/C13H18F2N4O/c1-18-4-3-11-9(8-18)2-5-19(11)13-16-6-10(7-17-13)20-12(14)15/h6-7,9,11-12H,2-5,8H2,1H3/t9-,11?/m1/s1. The molecule has 3 heterocycles. The van der Waals surface area contributed by atoms with Crippen LogP contribution in [-0.2, 0) is 0 Å². The highest BCUT2D eigenvalue weighted by Crippen LogP contribution is 2.33. The molecule has 0 aliphatic carbocycles. The molecule has 1 aromatic rings. The normalized spacial score (nSPS) is 26.9. The third-order valence-corrected chi connectivity index (χ3v) is 4.13. The molecule has 2 saturated heterocycles. The Bertz CT molecular complexity index is 456. The van der Waals surface area contributed by atoms with Crippen LogP contribution in [0.2, 0.25) is 0 Å². The first-order valence-corrected chi connectivity index (χ1v) is 6.85. The van der Waals surface area contributed by atoms with Gasteiger partial charge in [-0.2, -0.15) is 8.78 Å². The van der Waals surface area contributed by atoms with Crippen LogP contribution in [0.5, 0.6) is 5.75 Å². The number of ether oxygens (including phenoxy) is 1. The first-order valence-electron chi connectivity index (χ1n) is 6.85. The van der Waals surface area contributed by atoms with E-state index in [1.54, 1.807) is 0 Å². The van der Waals surface area contributed by atoms with Crippen molar-refractivity contribution in [1.29, 1.82) is 0 Å². The minimum Gasteiger partial charge on any atom is -0.432 e. The lowest BCUT2D eigenvalue weighted by Crippen LogP contribution is -2.44. The molecule has 20 heavy (non-hydrogen) atoms. The molecule has 1 aromatic heterocycles. The highest BCUT2D eigenvalue weighted by molar-refractivity contribution is 5.35. The molecule has 5 nitrogen and oxygen atoms in total. The van der Waals surface area contributed by atoms with Gasteiger partial charge in [-0.25, -0.2) is 9.97 Å². The van der Waals surface area contributed by atoms with E-state index in [1.807, 2.05) is 0 Å². The first kappa shape index (κ1) is 13.5. The van der Waals surface area contributed by atoms with Crippen LogP contribution in [0, 0.1) is 5.92 Å². The van der Waals surface area contributed by atoms with Gasteiger partial charge in [0.15, 0.2) is 5.75 Å². The second-order valence-corrected chi connectivity index (χ2v) is 5.46. The van der Waals surface area contributed by atoms with Crippen molar-refractivity contribution in [2.24, 2.45) is 5.92 Å². The zero-order chi connectivity index (χ0) is 14.1. The van der Waals surface area contributed by atoms with E-state index in [9.17, 15) is 8.78 Å². The van der Waals surface area contributed by atoms with Gasteiger partial charge >= 0.3 is 6.61 Å². The van der Waals surface area contributed by atoms with Crippen molar-refractivity contribution in [3.8, 4) is 5.75 Å². The van der Waals surface area contributed by atoms with Crippen LogP contribution in [-0.4, -0.2) is 54.2 Å². The second-order valence-electron chi connectivity index (χ2n) is 5.46. The smallest absolute Gasteiger partial charge is 0.387 e. The summed E-state index contributed by atoms with van der Waals surface area (Å²) < 4.78 is 28.4. The summed E-state index contributed by atoms with van der Waals surface area (Å²) in [5.41, 5.74) is 0. The first-order chi connectivity index (χ1) is 9.63. The molecule has 2 atom stereocenters. The molecule has 1 unspecified atom stereocenters. The summed E-state index contributed by atoms with van der Waals surface area (Å²) in [7, 11) is 2.14. The lowest BCUT2D eigenvalue weighted by atomic mass is 9.93. The summed E-state index contributed by atoms with van der Waals surface area (Å²) in [4.78, 5) is 12.9. The lowest BCUT2D eigenvalue weighted by molar-refractivity contribution is -0.0503. The fourth-order valence-corrected chi connectivity index (χ4v) is 3.24. The quantitative estimate of drug-likeness (QED) is 0.843. The van der Waals surface area contributed by atoms with Crippen molar-refractivity contribution < 1.29 is 13.5 Å². The maximum absolute atomic E-state index is 12.1. The molecular weight excluding hydrogens is 266 g/mol. The Balaban J connectivity index is 1.70. The van der Waals surface area contributed by atoms with Gasteiger partial charge < -0.3 is 14.5 Å². The lowest BCUT2D eigenvalue weighted by Gasteiger charge is -2.36. The third kappa shape index (κ3) is 2.67. The van der Waals surface area contributed by atoms with Crippen molar-refractivity contribution >= 4 is 5.95 Å².